The van der Waals surface area contributed by atoms with E-state index in [1.165, 1.54) is 0 Å². The van der Waals surface area contributed by atoms with Gasteiger partial charge in [0.2, 0.25) is 5.91 Å². The van der Waals surface area contributed by atoms with Crippen LogP contribution in [0.3, 0.4) is 0 Å². The van der Waals surface area contributed by atoms with Gasteiger partial charge in [-0.05, 0) is 49.7 Å². The van der Waals surface area contributed by atoms with Crippen LogP contribution in [0.4, 0.5) is 11.4 Å². The number of anilines is 2. The number of rotatable bonds is 7. The summed E-state index contributed by atoms with van der Waals surface area (Å²) in [5.74, 6) is 0.712. The number of nitrogens with one attached hydrogen (secondary N) is 3. The zero-order valence-corrected chi connectivity index (χ0v) is 15.9. The van der Waals surface area contributed by atoms with Gasteiger partial charge in [-0.1, -0.05) is 24.6 Å². The number of hydrogen-bond acceptors (Lipinski definition) is 5. The number of amides is 2. The minimum absolute atomic E-state index is 0.0531. The first-order chi connectivity index (χ1) is 13.7. The van der Waals surface area contributed by atoms with Crippen LogP contribution in [0.15, 0.2) is 48.5 Å². The van der Waals surface area contributed by atoms with Crippen molar-refractivity contribution in [3.8, 4) is 11.5 Å². The highest BCUT2D eigenvalue weighted by molar-refractivity contribution is 5.96. The molecular weight excluding hydrogens is 358 g/mol. The van der Waals surface area contributed by atoms with E-state index in [2.05, 4.69) is 16.0 Å². The summed E-state index contributed by atoms with van der Waals surface area (Å²) < 4.78 is 10.7. The molecule has 2 aromatic carbocycles. The van der Waals surface area contributed by atoms with Gasteiger partial charge in [0.05, 0.1) is 13.2 Å². The smallest absolute Gasteiger partial charge is 0.262 e. The molecule has 3 N–H and O–H groups in total. The molecule has 1 aliphatic rings. The Hall–Kier alpha value is -3.06. The van der Waals surface area contributed by atoms with Gasteiger partial charge in [-0.25, -0.2) is 0 Å². The molecule has 1 saturated heterocycles. The van der Waals surface area contributed by atoms with Crippen LogP contribution < -0.4 is 25.4 Å². The molecule has 1 aliphatic heterocycles. The minimum atomic E-state index is -0.302. The number of carbonyl (C=O) groups excluding carboxylic acids is 2. The Kier molecular flexibility index (Phi) is 6.86. The predicted molar refractivity (Wildman–Crippen MR) is 108 cm³/mol. The fourth-order valence-electron chi connectivity index (χ4n) is 3.06. The summed E-state index contributed by atoms with van der Waals surface area (Å²) in [4.78, 5) is 24.5. The third-order valence-corrected chi connectivity index (χ3v) is 4.47. The first-order valence-corrected chi connectivity index (χ1v) is 9.35. The van der Waals surface area contributed by atoms with Crippen LogP contribution in [-0.2, 0) is 9.59 Å². The van der Waals surface area contributed by atoms with E-state index in [4.69, 9.17) is 9.47 Å². The molecule has 2 aromatic rings. The van der Waals surface area contributed by atoms with Gasteiger partial charge in [0.1, 0.15) is 0 Å². The van der Waals surface area contributed by atoms with Gasteiger partial charge in [0, 0.05) is 11.4 Å². The number of ether oxygens (including phenoxy) is 2. The molecule has 2 amide bonds. The predicted octanol–water partition coefficient (Wildman–Crippen LogP) is 2.79. The molecule has 0 bridgehead atoms. The van der Waals surface area contributed by atoms with Crippen molar-refractivity contribution < 1.29 is 19.1 Å². The Balaban J connectivity index is 1.53. The molecule has 0 aromatic heterocycles. The van der Waals surface area contributed by atoms with Crippen LogP contribution >= 0.6 is 0 Å². The zero-order valence-electron chi connectivity index (χ0n) is 15.9. The molecule has 0 spiro atoms. The Morgan fingerprint density at radius 1 is 1.04 bits per heavy atom. The van der Waals surface area contributed by atoms with E-state index in [9.17, 15) is 9.59 Å². The first kappa shape index (κ1) is 19.7. The fourth-order valence-corrected chi connectivity index (χ4v) is 3.06. The largest absolute Gasteiger partial charge is 0.493 e. The van der Waals surface area contributed by atoms with Crippen LogP contribution in [0, 0.1) is 0 Å². The van der Waals surface area contributed by atoms with Gasteiger partial charge in [-0.15, -0.1) is 0 Å². The van der Waals surface area contributed by atoms with Crippen molar-refractivity contribution in [2.24, 2.45) is 0 Å². The maximum absolute atomic E-state index is 12.3. The lowest BCUT2D eigenvalue weighted by Crippen LogP contribution is -2.43. The van der Waals surface area contributed by atoms with Crippen molar-refractivity contribution in [1.82, 2.24) is 5.32 Å². The lowest BCUT2D eigenvalue weighted by molar-refractivity contribution is -0.119. The van der Waals surface area contributed by atoms with E-state index >= 15 is 0 Å². The summed E-state index contributed by atoms with van der Waals surface area (Å²) in [6.45, 7) is 0.712. The van der Waals surface area contributed by atoms with Crippen LogP contribution in [0.1, 0.15) is 19.3 Å². The molecule has 7 heteroatoms. The number of benzene rings is 2. The lowest BCUT2D eigenvalue weighted by Gasteiger charge is -2.22. The van der Waals surface area contributed by atoms with Crippen LogP contribution in [0.2, 0.25) is 0 Å². The molecule has 0 radical (unpaired) electrons. The molecule has 7 nitrogen and oxygen atoms in total. The molecule has 0 saturated carbocycles. The van der Waals surface area contributed by atoms with Gasteiger partial charge in [-0.3, -0.25) is 9.59 Å². The van der Waals surface area contributed by atoms with E-state index in [1.54, 1.807) is 43.5 Å². The van der Waals surface area contributed by atoms with Crippen molar-refractivity contribution in [2.75, 3.05) is 30.9 Å². The molecule has 1 unspecified atom stereocenters. The maximum atomic E-state index is 12.3. The second-order valence-corrected chi connectivity index (χ2v) is 6.56. The maximum Gasteiger partial charge on any atom is 0.262 e. The summed E-state index contributed by atoms with van der Waals surface area (Å²) in [6, 6.07) is 14.0. The summed E-state index contributed by atoms with van der Waals surface area (Å²) in [6.07, 6.45) is 2.98. The highest BCUT2D eigenvalue weighted by Crippen LogP contribution is 2.25. The Labute approximate surface area is 164 Å². The number of methoxy groups -OCH3 is 1. The summed E-state index contributed by atoms with van der Waals surface area (Å²) in [5.41, 5.74) is 1.23. The quantitative estimate of drug-likeness (QED) is 0.684. The van der Waals surface area contributed by atoms with Crippen LogP contribution in [0.25, 0.3) is 0 Å². The average molecular weight is 383 g/mol. The van der Waals surface area contributed by atoms with Gasteiger partial charge in [-0.2, -0.15) is 0 Å². The van der Waals surface area contributed by atoms with E-state index < -0.39 is 0 Å². The lowest BCUT2D eigenvalue weighted by atomic mass is 10.0. The highest BCUT2D eigenvalue weighted by Gasteiger charge is 2.20. The van der Waals surface area contributed by atoms with Crippen LogP contribution in [-0.4, -0.2) is 38.1 Å². The fraction of sp³-hybridized carbons (Fsp3) is 0.333. The van der Waals surface area contributed by atoms with Crippen molar-refractivity contribution in [3.05, 3.63) is 48.5 Å². The monoisotopic (exact) mass is 383 g/mol. The minimum Gasteiger partial charge on any atom is -0.493 e. The van der Waals surface area contributed by atoms with Gasteiger partial charge in [0.25, 0.3) is 5.91 Å². The topological polar surface area (TPSA) is 88.7 Å². The third kappa shape index (κ3) is 5.47. The molecule has 1 fully saturated rings. The second kappa shape index (κ2) is 9.75. The molecule has 148 valence electrons. The van der Waals surface area contributed by atoms with Gasteiger partial charge < -0.3 is 25.4 Å². The van der Waals surface area contributed by atoms with Crippen molar-refractivity contribution >= 4 is 23.2 Å². The average Bonchev–Trinajstić information content (AvgIpc) is 2.73. The van der Waals surface area contributed by atoms with Crippen molar-refractivity contribution in [1.29, 1.82) is 0 Å². The summed E-state index contributed by atoms with van der Waals surface area (Å²) in [5, 5.41) is 8.89. The first-order valence-electron chi connectivity index (χ1n) is 9.35. The van der Waals surface area contributed by atoms with Crippen LogP contribution in [0.5, 0.6) is 11.5 Å². The van der Waals surface area contributed by atoms with E-state index in [0.717, 1.165) is 25.8 Å². The SMILES string of the molecule is COc1ccccc1OCC(=O)Nc1cccc(NC(=O)C2CCCCN2)c1. The number of hydrogen-bond donors (Lipinski definition) is 3. The van der Waals surface area contributed by atoms with Gasteiger partial charge in [0.15, 0.2) is 18.1 Å². The van der Waals surface area contributed by atoms with E-state index in [-0.39, 0.29) is 24.5 Å². The number of para-hydroxylation sites is 2. The Bertz CT molecular complexity index is 819. The van der Waals surface area contributed by atoms with E-state index in [0.29, 0.717) is 22.9 Å². The standard InChI is InChI=1S/C21H25N3O4/c1-27-18-10-2-3-11-19(18)28-14-20(25)23-15-7-6-8-16(13-15)24-21(26)17-9-4-5-12-22-17/h2-3,6-8,10-11,13,17,22H,4-5,9,12,14H2,1H3,(H,23,25)(H,24,26). The second-order valence-electron chi connectivity index (χ2n) is 6.56. The molecule has 3 rings (SSSR count). The summed E-state index contributed by atoms with van der Waals surface area (Å²) in [7, 11) is 1.55. The molecule has 1 heterocycles. The zero-order chi connectivity index (χ0) is 19.8. The van der Waals surface area contributed by atoms with Crippen molar-refractivity contribution in [2.45, 2.75) is 25.3 Å². The van der Waals surface area contributed by atoms with Crippen molar-refractivity contribution in [3.63, 3.8) is 0 Å². The number of carbonyl (C=O) groups is 2. The molecule has 0 aliphatic carbocycles. The number of piperidine rings is 1. The highest BCUT2D eigenvalue weighted by atomic mass is 16.5. The van der Waals surface area contributed by atoms with Gasteiger partial charge >= 0.3 is 0 Å². The third-order valence-electron chi connectivity index (χ3n) is 4.47. The normalized spacial score (nSPS) is 16.1. The Morgan fingerprint density at radius 2 is 1.79 bits per heavy atom. The molecule has 28 heavy (non-hydrogen) atoms. The Morgan fingerprint density at radius 3 is 2.50 bits per heavy atom. The molecular formula is C21H25N3O4. The summed E-state index contributed by atoms with van der Waals surface area (Å²) >= 11 is 0. The van der Waals surface area contributed by atoms with E-state index in [1.807, 2.05) is 12.1 Å². The molecule has 1 atom stereocenters.